The lowest BCUT2D eigenvalue weighted by Gasteiger charge is -2.04. The average molecular weight is 408 g/mol. The summed E-state index contributed by atoms with van der Waals surface area (Å²) in [6, 6.07) is 9.57. The number of rotatable bonds is 3. The minimum absolute atomic E-state index is 0.325. The molecular weight excluding hydrogens is 394 g/mol. The second-order valence-corrected chi connectivity index (χ2v) is 6.65. The summed E-state index contributed by atoms with van der Waals surface area (Å²) in [7, 11) is 1.88. The first kappa shape index (κ1) is 16.3. The van der Waals surface area contributed by atoms with Crippen molar-refractivity contribution in [1.82, 2.24) is 19.7 Å². The van der Waals surface area contributed by atoms with Gasteiger partial charge < -0.3 is 5.73 Å². The molecule has 0 bridgehead atoms. The highest BCUT2D eigenvalue weighted by atomic mass is 79.9. The number of hydrogen-bond donors (Lipinski definition) is 1. The summed E-state index contributed by atoms with van der Waals surface area (Å²) in [4.78, 5) is 8.52. The first-order chi connectivity index (χ1) is 12.6. The number of aryl methyl sites for hydroxylation is 1. The molecule has 3 heterocycles. The summed E-state index contributed by atoms with van der Waals surface area (Å²) in [5, 5.41) is 14.5. The van der Waals surface area contributed by atoms with E-state index in [4.69, 9.17) is 5.73 Å². The zero-order chi connectivity index (χ0) is 18.1. The summed E-state index contributed by atoms with van der Waals surface area (Å²) in [5.74, 6) is 0.815. The molecule has 128 valence electrons. The normalized spacial score (nSPS) is 11.5. The van der Waals surface area contributed by atoms with Gasteiger partial charge in [0.2, 0.25) is 0 Å². The number of halogens is 1. The third-order valence-electron chi connectivity index (χ3n) is 3.89. The molecule has 0 saturated heterocycles. The van der Waals surface area contributed by atoms with Gasteiger partial charge in [-0.05, 0) is 24.3 Å². The molecular formula is C18H14BrN7. The molecule has 0 aliphatic heterocycles. The lowest BCUT2D eigenvalue weighted by Crippen LogP contribution is -1.90. The molecule has 0 radical (unpaired) electrons. The van der Waals surface area contributed by atoms with Crippen molar-refractivity contribution in [3.05, 3.63) is 59.6 Å². The molecule has 0 amide bonds. The molecule has 0 saturated carbocycles. The van der Waals surface area contributed by atoms with Gasteiger partial charge in [-0.3, -0.25) is 4.68 Å². The van der Waals surface area contributed by atoms with Gasteiger partial charge in [0.1, 0.15) is 5.69 Å². The molecule has 2 N–H and O–H groups in total. The number of pyridine rings is 2. The third-order valence-corrected chi connectivity index (χ3v) is 4.39. The van der Waals surface area contributed by atoms with Gasteiger partial charge in [0.25, 0.3) is 0 Å². The first-order valence-corrected chi connectivity index (χ1v) is 8.60. The number of hydrogen-bond acceptors (Lipinski definition) is 6. The van der Waals surface area contributed by atoms with E-state index in [1.54, 1.807) is 29.3 Å². The molecule has 4 rings (SSSR count). The molecule has 4 aromatic rings. The maximum Gasteiger partial charge on any atom is 0.174 e. The van der Waals surface area contributed by atoms with Crippen LogP contribution >= 0.6 is 15.9 Å². The molecule has 1 aromatic carbocycles. The van der Waals surface area contributed by atoms with Crippen molar-refractivity contribution in [2.45, 2.75) is 0 Å². The van der Waals surface area contributed by atoms with Gasteiger partial charge in [0.05, 0.1) is 6.20 Å². The van der Waals surface area contributed by atoms with E-state index in [-0.39, 0.29) is 0 Å². The van der Waals surface area contributed by atoms with Gasteiger partial charge in [-0.25, -0.2) is 9.97 Å². The van der Waals surface area contributed by atoms with Crippen molar-refractivity contribution < 1.29 is 0 Å². The molecule has 0 spiro atoms. The summed E-state index contributed by atoms with van der Waals surface area (Å²) >= 11 is 3.47. The van der Waals surface area contributed by atoms with Crippen LogP contribution in [0.25, 0.3) is 21.9 Å². The van der Waals surface area contributed by atoms with E-state index >= 15 is 0 Å². The van der Waals surface area contributed by atoms with E-state index in [2.05, 4.69) is 41.2 Å². The van der Waals surface area contributed by atoms with Crippen LogP contribution in [-0.2, 0) is 7.05 Å². The van der Waals surface area contributed by atoms with E-state index in [9.17, 15) is 0 Å². The van der Waals surface area contributed by atoms with E-state index in [1.807, 2.05) is 37.5 Å². The Kier molecular flexibility index (Phi) is 4.18. The molecule has 0 aliphatic carbocycles. The van der Waals surface area contributed by atoms with Crippen LogP contribution in [0.3, 0.4) is 0 Å². The fourth-order valence-electron chi connectivity index (χ4n) is 2.58. The standard InChI is InChI=1S/C18H14BrN7/c1-26-10-13(9-23-26)11-3-5-16(21-7-11)24-25-17-15-6-14(19)4-2-12(15)8-22-18(17)20/h2-10H,1H3,(H2,20,22). The molecule has 0 unspecified atom stereocenters. The number of nitrogen functional groups attached to an aromatic ring is 1. The van der Waals surface area contributed by atoms with E-state index in [0.29, 0.717) is 17.3 Å². The van der Waals surface area contributed by atoms with Crippen LogP contribution in [0.1, 0.15) is 0 Å². The summed E-state index contributed by atoms with van der Waals surface area (Å²) < 4.78 is 2.68. The monoisotopic (exact) mass is 407 g/mol. The zero-order valence-corrected chi connectivity index (χ0v) is 15.4. The Labute approximate surface area is 157 Å². The first-order valence-electron chi connectivity index (χ1n) is 7.81. The van der Waals surface area contributed by atoms with Crippen LogP contribution in [0.2, 0.25) is 0 Å². The van der Waals surface area contributed by atoms with Crippen LogP contribution in [0.15, 0.2) is 69.8 Å². The highest BCUT2D eigenvalue weighted by molar-refractivity contribution is 9.10. The Balaban J connectivity index is 1.67. The predicted molar refractivity (Wildman–Crippen MR) is 104 cm³/mol. The van der Waals surface area contributed by atoms with Gasteiger partial charge in [-0.1, -0.05) is 22.0 Å². The van der Waals surface area contributed by atoms with Crippen molar-refractivity contribution in [2.75, 3.05) is 5.73 Å². The molecule has 0 aliphatic rings. The number of benzene rings is 1. The van der Waals surface area contributed by atoms with Gasteiger partial charge in [-0.2, -0.15) is 5.10 Å². The van der Waals surface area contributed by atoms with Crippen molar-refractivity contribution in [1.29, 1.82) is 0 Å². The van der Waals surface area contributed by atoms with Crippen molar-refractivity contribution in [2.24, 2.45) is 17.3 Å². The quantitative estimate of drug-likeness (QED) is 0.493. The smallest absolute Gasteiger partial charge is 0.174 e. The maximum absolute atomic E-state index is 5.99. The van der Waals surface area contributed by atoms with Gasteiger partial charge in [-0.15, -0.1) is 10.2 Å². The van der Waals surface area contributed by atoms with E-state index in [1.165, 1.54) is 0 Å². The van der Waals surface area contributed by atoms with Crippen molar-refractivity contribution in [3.63, 3.8) is 0 Å². The average Bonchev–Trinajstić information content (AvgIpc) is 3.08. The second kappa shape index (κ2) is 6.64. The summed E-state index contributed by atoms with van der Waals surface area (Å²) in [5.41, 5.74) is 8.48. The molecule has 7 nitrogen and oxygen atoms in total. The van der Waals surface area contributed by atoms with Crippen LogP contribution in [-0.4, -0.2) is 19.7 Å². The van der Waals surface area contributed by atoms with Gasteiger partial charge in [0, 0.05) is 52.0 Å². The minimum atomic E-state index is 0.325. The Bertz CT molecular complexity index is 1110. The highest BCUT2D eigenvalue weighted by Crippen LogP contribution is 2.33. The topological polar surface area (TPSA) is 94.3 Å². The minimum Gasteiger partial charge on any atom is -0.382 e. The Hall–Kier alpha value is -3.13. The lowest BCUT2D eigenvalue weighted by atomic mass is 10.1. The number of fused-ring (bicyclic) bond motifs is 1. The maximum atomic E-state index is 5.99. The molecule has 0 atom stereocenters. The fourth-order valence-corrected chi connectivity index (χ4v) is 2.94. The van der Waals surface area contributed by atoms with E-state index < -0.39 is 0 Å². The van der Waals surface area contributed by atoms with Gasteiger partial charge >= 0.3 is 0 Å². The highest BCUT2D eigenvalue weighted by Gasteiger charge is 2.07. The summed E-state index contributed by atoms with van der Waals surface area (Å²) in [6.45, 7) is 0. The van der Waals surface area contributed by atoms with Crippen molar-refractivity contribution >= 4 is 44.0 Å². The second-order valence-electron chi connectivity index (χ2n) is 5.73. The predicted octanol–water partition coefficient (Wildman–Crippen LogP) is 4.79. The van der Waals surface area contributed by atoms with Crippen molar-refractivity contribution in [3.8, 4) is 11.1 Å². The Morgan fingerprint density at radius 1 is 1.00 bits per heavy atom. The number of azo groups is 1. The largest absolute Gasteiger partial charge is 0.382 e. The SMILES string of the molecule is Cn1cc(-c2ccc(N=Nc3c(N)ncc4ccc(Br)cc34)nc2)cn1. The lowest BCUT2D eigenvalue weighted by molar-refractivity contribution is 0.768. The van der Waals surface area contributed by atoms with Crippen LogP contribution < -0.4 is 5.73 Å². The Morgan fingerprint density at radius 2 is 1.88 bits per heavy atom. The van der Waals surface area contributed by atoms with Crippen LogP contribution in [0.4, 0.5) is 17.3 Å². The van der Waals surface area contributed by atoms with Gasteiger partial charge in [0.15, 0.2) is 11.6 Å². The third kappa shape index (κ3) is 3.18. The van der Waals surface area contributed by atoms with Crippen LogP contribution in [0.5, 0.6) is 0 Å². The Morgan fingerprint density at radius 3 is 2.62 bits per heavy atom. The summed E-state index contributed by atoms with van der Waals surface area (Å²) in [6.07, 6.45) is 7.18. The molecule has 0 fully saturated rings. The number of anilines is 1. The zero-order valence-electron chi connectivity index (χ0n) is 13.8. The number of aromatic nitrogens is 4. The molecule has 26 heavy (non-hydrogen) atoms. The fraction of sp³-hybridized carbons (Fsp3) is 0.0556. The molecule has 8 heteroatoms. The molecule has 3 aromatic heterocycles. The van der Waals surface area contributed by atoms with Crippen LogP contribution in [0, 0.1) is 0 Å². The number of nitrogens with zero attached hydrogens (tertiary/aromatic N) is 6. The van der Waals surface area contributed by atoms with E-state index in [0.717, 1.165) is 26.4 Å². The number of nitrogens with two attached hydrogens (primary N) is 1.